The summed E-state index contributed by atoms with van der Waals surface area (Å²) in [7, 11) is 1.62. The van der Waals surface area contributed by atoms with Crippen molar-refractivity contribution in [3.05, 3.63) is 35.7 Å². The molecule has 1 N–H and O–H groups in total. The molecule has 0 saturated carbocycles. The predicted octanol–water partition coefficient (Wildman–Crippen LogP) is 1.99. The number of carbonyl (C=O) groups excluding carboxylic acids is 1. The standard InChI is InChI=1S/C13H17N3O/c1-13(2,3)9-5-6-16-11(7-9)10(8-15-16)12(17)14-4/h5-8H,1-4H3,(H,14,17). The van der Waals surface area contributed by atoms with Crippen LogP contribution in [0, 0.1) is 0 Å². The highest BCUT2D eigenvalue weighted by molar-refractivity contribution is 6.00. The lowest BCUT2D eigenvalue weighted by atomic mass is 9.87. The van der Waals surface area contributed by atoms with E-state index in [4.69, 9.17) is 0 Å². The number of rotatable bonds is 1. The van der Waals surface area contributed by atoms with Gasteiger partial charge in [-0.15, -0.1) is 0 Å². The molecule has 0 aliphatic heterocycles. The minimum absolute atomic E-state index is 0.0615. The van der Waals surface area contributed by atoms with Gasteiger partial charge in [0.05, 0.1) is 17.3 Å². The molecule has 4 nitrogen and oxygen atoms in total. The Morgan fingerprint density at radius 3 is 2.71 bits per heavy atom. The molecule has 0 saturated heterocycles. The number of carbonyl (C=O) groups is 1. The maximum atomic E-state index is 11.7. The third-order valence-electron chi connectivity index (χ3n) is 2.86. The molecule has 0 aromatic carbocycles. The van der Waals surface area contributed by atoms with Crippen LogP contribution in [0.1, 0.15) is 36.7 Å². The van der Waals surface area contributed by atoms with Crippen molar-refractivity contribution in [1.29, 1.82) is 0 Å². The van der Waals surface area contributed by atoms with Crippen LogP contribution in [0.25, 0.3) is 5.52 Å². The molecule has 2 aromatic heterocycles. The number of nitrogens with zero attached hydrogens (tertiary/aromatic N) is 2. The van der Waals surface area contributed by atoms with Crippen LogP contribution >= 0.6 is 0 Å². The average molecular weight is 231 g/mol. The van der Waals surface area contributed by atoms with Gasteiger partial charge in [0.1, 0.15) is 0 Å². The molecule has 0 bridgehead atoms. The minimum atomic E-state index is -0.106. The monoisotopic (exact) mass is 231 g/mol. The maximum absolute atomic E-state index is 11.7. The fourth-order valence-corrected chi connectivity index (χ4v) is 1.76. The summed E-state index contributed by atoms with van der Waals surface area (Å²) in [6.07, 6.45) is 3.49. The third-order valence-corrected chi connectivity index (χ3v) is 2.86. The first-order valence-electron chi connectivity index (χ1n) is 5.63. The summed E-state index contributed by atoms with van der Waals surface area (Å²) in [4.78, 5) is 11.7. The number of hydrogen-bond acceptors (Lipinski definition) is 2. The molecule has 0 unspecified atom stereocenters. The summed E-state index contributed by atoms with van der Waals surface area (Å²) in [5, 5.41) is 6.79. The lowest BCUT2D eigenvalue weighted by Crippen LogP contribution is -2.17. The first kappa shape index (κ1) is 11.6. The molecular formula is C13H17N3O. The highest BCUT2D eigenvalue weighted by atomic mass is 16.1. The van der Waals surface area contributed by atoms with Crippen molar-refractivity contribution in [2.75, 3.05) is 7.05 Å². The normalized spacial score (nSPS) is 11.8. The van der Waals surface area contributed by atoms with Crippen molar-refractivity contribution in [2.24, 2.45) is 0 Å². The van der Waals surface area contributed by atoms with Gasteiger partial charge in [0.25, 0.3) is 5.91 Å². The average Bonchev–Trinajstić information content (AvgIpc) is 2.69. The van der Waals surface area contributed by atoms with Crippen LogP contribution in [0.2, 0.25) is 0 Å². The largest absolute Gasteiger partial charge is 0.355 e. The molecule has 1 amide bonds. The molecule has 0 spiro atoms. The molecule has 0 aliphatic rings. The van der Waals surface area contributed by atoms with Crippen molar-refractivity contribution >= 4 is 11.4 Å². The second kappa shape index (κ2) is 3.87. The zero-order valence-corrected chi connectivity index (χ0v) is 10.6. The molecule has 2 heterocycles. The number of hydrogen-bond donors (Lipinski definition) is 1. The van der Waals surface area contributed by atoms with E-state index in [2.05, 4.69) is 31.2 Å². The van der Waals surface area contributed by atoms with E-state index < -0.39 is 0 Å². The summed E-state index contributed by atoms with van der Waals surface area (Å²) in [5.41, 5.74) is 2.71. The van der Waals surface area contributed by atoms with Gasteiger partial charge in [0.2, 0.25) is 0 Å². The van der Waals surface area contributed by atoms with Gasteiger partial charge in [0, 0.05) is 13.2 Å². The minimum Gasteiger partial charge on any atom is -0.355 e. The van der Waals surface area contributed by atoms with Gasteiger partial charge in [0.15, 0.2) is 0 Å². The van der Waals surface area contributed by atoms with E-state index in [1.807, 2.05) is 18.3 Å². The van der Waals surface area contributed by atoms with E-state index in [0.717, 1.165) is 5.52 Å². The molecule has 2 rings (SSSR count). The SMILES string of the molecule is CNC(=O)c1cnn2ccc(C(C)(C)C)cc12. The van der Waals surface area contributed by atoms with Crippen LogP contribution in [0.3, 0.4) is 0 Å². The molecule has 0 fully saturated rings. The van der Waals surface area contributed by atoms with E-state index in [0.29, 0.717) is 5.56 Å². The highest BCUT2D eigenvalue weighted by Crippen LogP contribution is 2.24. The van der Waals surface area contributed by atoms with Crippen LogP contribution in [0.4, 0.5) is 0 Å². The molecule has 4 heteroatoms. The Bertz CT molecular complexity index is 564. The Balaban J connectivity index is 2.62. The van der Waals surface area contributed by atoms with E-state index in [9.17, 15) is 4.79 Å². The van der Waals surface area contributed by atoms with Crippen LogP contribution in [0.15, 0.2) is 24.5 Å². The van der Waals surface area contributed by atoms with E-state index in [1.54, 1.807) is 17.8 Å². The van der Waals surface area contributed by atoms with Crippen LogP contribution in [-0.4, -0.2) is 22.6 Å². The summed E-state index contributed by atoms with van der Waals surface area (Å²) in [5.74, 6) is -0.106. The van der Waals surface area contributed by atoms with Gasteiger partial charge in [-0.25, -0.2) is 4.52 Å². The van der Waals surface area contributed by atoms with Gasteiger partial charge in [-0.3, -0.25) is 4.79 Å². The van der Waals surface area contributed by atoms with Crippen LogP contribution < -0.4 is 5.32 Å². The Labute approximate surface area is 101 Å². The number of amides is 1. The molecule has 0 aliphatic carbocycles. The fraction of sp³-hybridized carbons (Fsp3) is 0.385. The van der Waals surface area contributed by atoms with Crippen molar-refractivity contribution in [3.63, 3.8) is 0 Å². The van der Waals surface area contributed by atoms with Crippen molar-refractivity contribution < 1.29 is 4.79 Å². The fourth-order valence-electron chi connectivity index (χ4n) is 1.76. The highest BCUT2D eigenvalue weighted by Gasteiger charge is 2.17. The van der Waals surface area contributed by atoms with Gasteiger partial charge in [-0.2, -0.15) is 5.10 Å². The Hall–Kier alpha value is -1.84. The molecule has 2 aromatic rings. The summed E-state index contributed by atoms with van der Waals surface area (Å²) < 4.78 is 1.72. The summed E-state index contributed by atoms with van der Waals surface area (Å²) in [6, 6.07) is 4.06. The molecule has 17 heavy (non-hydrogen) atoms. The number of fused-ring (bicyclic) bond motifs is 1. The quantitative estimate of drug-likeness (QED) is 0.815. The third kappa shape index (κ3) is 2.02. The molecule has 0 atom stereocenters. The van der Waals surface area contributed by atoms with E-state index >= 15 is 0 Å². The number of nitrogens with one attached hydrogen (secondary N) is 1. The van der Waals surface area contributed by atoms with Crippen LogP contribution in [0.5, 0.6) is 0 Å². The molecule has 0 radical (unpaired) electrons. The zero-order chi connectivity index (χ0) is 12.6. The lowest BCUT2D eigenvalue weighted by Gasteiger charge is -2.19. The van der Waals surface area contributed by atoms with Crippen LogP contribution in [-0.2, 0) is 5.41 Å². The maximum Gasteiger partial charge on any atom is 0.254 e. The zero-order valence-electron chi connectivity index (χ0n) is 10.6. The lowest BCUT2D eigenvalue weighted by molar-refractivity contribution is 0.0964. The number of pyridine rings is 1. The number of aromatic nitrogens is 2. The Morgan fingerprint density at radius 2 is 2.12 bits per heavy atom. The van der Waals surface area contributed by atoms with Gasteiger partial charge in [-0.1, -0.05) is 20.8 Å². The molecule has 90 valence electrons. The Kier molecular flexibility index (Phi) is 2.65. The van der Waals surface area contributed by atoms with Gasteiger partial charge < -0.3 is 5.32 Å². The van der Waals surface area contributed by atoms with Crippen molar-refractivity contribution in [2.45, 2.75) is 26.2 Å². The second-order valence-electron chi connectivity index (χ2n) is 5.13. The summed E-state index contributed by atoms with van der Waals surface area (Å²) >= 11 is 0. The first-order valence-corrected chi connectivity index (χ1v) is 5.63. The van der Waals surface area contributed by atoms with Gasteiger partial charge >= 0.3 is 0 Å². The van der Waals surface area contributed by atoms with E-state index in [1.165, 1.54) is 5.56 Å². The molecular weight excluding hydrogens is 214 g/mol. The first-order chi connectivity index (χ1) is 7.93. The smallest absolute Gasteiger partial charge is 0.254 e. The van der Waals surface area contributed by atoms with E-state index in [-0.39, 0.29) is 11.3 Å². The second-order valence-corrected chi connectivity index (χ2v) is 5.13. The predicted molar refractivity (Wildman–Crippen MR) is 67.3 cm³/mol. The van der Waals surface area contributed by atoms with Crippen molar-refractivity contribution in [1.82, 2.24) is 14.9 Å². The van der Waals surface area contributed by atoms with Crippen molar-refractivity contribution in [3.8, 4) is 0 Å². The Morgan fingerprint density at radius 1 is 1.41 bits per heavy atom. The topological polar surface area (TPSA) is 46.4 Å². The summed E-state index contributed by atoms with van der Waals surface area (Å²) in [6.45, 7) is 6.44. The van der Waals surface area contributed by atoms with Gasteiger partial charge in [-0.05, 0) is 23.1 Å².